The zero-order valence-corrected chi connectivity index (χ0v) is 19.8. The molecule has 0 aliphatic carbocycles. The summed E-state index contributed by atoms with van der Waals surface area (Å²) in [6, 6.07) is 21.2. The number of sulfonamides is 1. The molecule has 33 heavy (non-hydrogen) atoms. The third kappa shape index (κ3) is 6.35. The smallest absolute Gasteiger partial charge is 0.337 e. The molecule has 2 N–H and O–H groups in total. The van der Waals surface area contributed by atoms with Gasteiger partial charge in [-0.1, -0.05) is 62.7 Å². The Labute approximate surface area is 195 Å². The first-order valence-electron chi connectivity index (χ1n) is 11.1. The number of nitrogens with zero attached hydrogens (tertiary/aromatic N) is 1. The lowest BCUT2D eigenvalue weighted by atomic mass is 10.1. The molecule has 0 atom stereocenters. The average Bonchev–Trinajstić information content (AvgIpc) is 2.82. The molecule has 0 fully saturated rings. The number of aromatic carboxylic acids is 1. The zero-order chi connectivity index (χ0) is 23.8. The van der Waals surface area contributed by atoms with Crippen LogP contribution in [0.5, 0.6) is 0 Å². The molecule has 3 aromatic rings. The van der Waals surface area contributed by atoms with E-state index in [0.717, 1.165) is 30.4 Å². The summed E-state index contributed by atoms with van der Waals surface area (Å²) in [5, 5.41) is 9.90. The molecular weight excluding hydrogens is 436 g/mol. The number of anilines is 2. The van der Waals surface area contributed by atoms with Crippen LogP contribution in [0.1, 0.15) is 48.2 Å². The molecule has 0 aliphatic rings. The van der Waals surface area contributed by atoms with E-state index in [1.165, 1.54) is 6.07 Å². The van der Waals surface area contributed by atoms with Crippen molar-refractivity contribution in [2.45, 2.75) is 44.6 Å². The van der Waals surface area contributed by atoms with Crippen LogP contribution >= 0.6 is 0 Å². The SMILES string of the molecule is CCCCN(Cc1ccccc1)c1ccc(NS(=O)(=O)c2ccc(CC)cc2)cc1C(=O)O. The number of nitrogens with one attached hydrogen (secondary N) is 1. The lowest BCUT2D eigenvalue weighted by molar-refractivity contribution is 0.0697. The monoisotopic (exact) mass is 466 g/mol. The number of hydrogen-bond donors (Lipinski definition) is 2. The van der Waals surface area contributed by atoms with Gasteiger partial charge in [0.25, 0.3) is 10.0 Å². The molecule has 0 radical (unpaired) electrons. The molecule has 0 spiro atoms. The van der Waals surface area contributed by atoms with Crippen molar-refractivity contribution in [1.82, 2.24) is 0 Å². The number of carbonyl (C=O) groups is 1. The standard InChI is InChI=1S/C26H30N2O4S/c1-3-5-17-28(19-21-9-7-6-8-10-21)25-16-13-22(18-24(25)26(29)30)27-33(31,32)23-14-11-20(4-2)12-15-23/h6-16,18,27H,3-5,17,19H2,1-2H3,(H,29,30). The molecule has 0 saturated heterocycles. The second-order valence-corrected chi connectivity index (χ2v) is 9.58. The van der Waals surface area contributed by atoms with Crippen molar-refractivity contribution in [2.24, 2.45) is 0 Å². The predicted octanol–water partition coefficient (Wildman–Crippen LogP) is 5.55. The van der Waals surface area contributed by atoms with Crippen LogP contribution in [0.2, 0.25) is 0 Å². The van der Waals surface area contributed by atoms with Crippen molar-refractivity contribution in [1.29, 1.82) is 0 Å². The van der Waals surface area contributed by atoms with Gasteiger partial charge in [-0.15, -0.1) is 0 Å². The maximum absolute atomic E-state index is 12.8. The van der Waals surface area contributed by atoms with Crippen LogP contribution in [0.25, 0.3) is 0 Å². The van der Waals surface area contributed by atoms with Gasteiger partial charge in [-0.3, -0.25) is 4.72 Å². The molecule has 0 aromatic heterocycles. The van der Waals surface area contributed by atoms with E-state index in [0.29, 0.717) is 18.8 Å². The molecule has 174 valence electrons. The number of hydrogen-bond acceptors (Lipinski definition) is 4. The molecule has 0 saturated carbocycles. The van der Waals surface area contributed by atoms with Gasteiger partial charge in [0.05, 0.1) is 16.1 Å². The number of carboxylic acids is 1. The Balaban J connectivity index is 1.91. The van der Waals surface area contributed by atoms with Gasteiger partial charge in [0.15, 0.2) is 0 Å². The highest BCUT2D eigenvalue weighted by molar-refractivity contribution is 7.92. The van der Waals surface area contributed by atoms with E-state index >= 15 is 0 Å². The van der Waals surface area contributed by atoms with Crippen molar-refractivity contribution in [3.05, 3.63) is 89.5 Å². The summed E-state index contributed by atoms with van der Waals surface area (Å²) in [6.07, 6.45) is 2.70. The van der Waals surface area contributed by atoms with Crippen LogP contribution in [0.15, 0.2) is 77.7 Å². The van der Waals surface area contributed by atoms with Crippen molar-refractivity contribution in [3.8, 4) is 0 Å². The topological polar surface area (TPSA) is 86.7 Å². The summed E-state index contributed by atoms with van der Waals surface area (Å²) in [5.74, 6) is -1.10. The number of aryl methyl sites for hydroxylation is 1. The van der Waals surface area contributed by atoms with Gasteiger partial charge in [-0.2, -0.15) is 0 Å². The molecule has 0 bridgehead atoms. The summed E-state index contributed by atoms with van der Waals surface area (Å²) < 4.78 is 28.1. The van der Waals surface area contributed by atoms with Crippen LogP contribution in [0, 0.1) is 0 Å². The van der Waals surface area contributed by atoms with E-state index in [4.69, 9.17) is 0 Å². The zero-order valence-electron chi connectivity index (χ0n) is 19.0. The molecular formula is C26H30N2O4S. The van der Waals surface area contributed by atoms with Gasteiger partial charge in [0.2, 0.25) is 0 Å². The van der Waals surface area contributed by atoms with Gasteiger partial charge in [-0.05, 0) is 54.3 Å². The summed E-state index contributed by atoms with van der Waals surface area (Å²) in [7, 11) is -3.83. The Morgan fingerprint density at radius 2 is 1.64 bits per heavy atom. The Morgan fingerprint density at radius 1 is 0.939 bits per heavy atom. The van der Waals surface area contributed by atoms with Crippen molar-refractivity contribution < 1.29 is 18.3 Å². The van der Waals surface area contributed by atoms with Gasteiger partial charge < -0.3 is 10.0 Å². The molecule has 7 heteroatoms. The highest BCUT2D eigenvalue weighted by Gasteiger charge is 2.20. The van der Waals surface area contributed by atoms with Crippen molar-refractivity contribution in [2.75, 3.05) is 16.2 Å². The lowest BCUT2D eigenvalue weighted by Crippen LogP contribution is -2.26. The Hall–Kier alpha value is -3.32. The van der Waals surface area contributed by atoms with Crippen LogP contribution in [0.3, 0.4) is 0 Å². The van der Waals surface area contributed by atoms with E-state index in [-0.39, 0.29) is 16.1 Å². The van der Waals surface area contributed by atoms with E-state index in [2.05, 4.69) is 11.6 Å². The number of unbranched alkanes of at least 4 members (excludes halogenated alkanes) is 1. The Bertz CT molecular complexity index is 1180. The maximum Gasteiger partial charge on any atom is 0.337 e. The minimum atomic E-state index is -3.83. The fraction of sp³-hybridized carbons (Fsp3) is 0.269. The Morgan fingerprint density at radius 3 is 2.24 bits per heavy atom. The van der Waals surface area contributed by atoms with Crippen LogP contribution < -0.4 is 9.62 Å². The molecule has 3 aromatic carbocycles. The first-order valence-corrected chi connectivity index (χ1v) is 12.6. The van der Waals surface area contributed by atoms with E-state index in [1.807, 2.05) is 42.2 Å². The number of rotatable bonds is 11. The van der Waals surface area contributed by atoms with E-state index < -0.39 is 16.0 Å². The number of carboxylic acid groups (broad SMARTS) is 1. The quantitative estimate of drug-likeness (QED) is 0.387. The third-order valence-electron chi connectivity index (χ3n) is 5.46. The molecule has 6 nitrogen and oxygen atoms in total. The first kappa shape index (κ1) is 24.3. The van der Waals surface area contributed by atoms with Crippen molar-refractivity contribution >= 4 is 27.4 Å². The van der Waals surface area contributed by atoms with Crippen LogP contribution in [0.4, 0.5) is 11.4 Å². The fourth-order valence-electron chi connectivity index (χ4n) is 3.60. The highest BCUT2D eigenvalue weighted by Crippen LogP contribution is 2.28. The van der Waals surface area contributed by atoms with Gasteiger partial charge in [0, 0.05) is 18.8 Å². The Kier molecular flexibility index (Phi) is 8.11. The summed E-state index contributed by atoms with van der Waals surface area (Å²) in [5.41, 5.74) is 2.95. The molecule has 0 unspecified atom stereocenters. The summed E-state index contributed by atoms with van der Waals surface area (Å²) >= 11 is 0. The van der Waals surface area contributed by atoms with Crippen LogP contribution in [-0.2, 0) is 23.0 Å². The van der Waals surface area contributed by atoms with Gasteiger partial charge >= 0.3 is 5.97 Å². The van der Waals surface area contributed by atoms with Gasteiger partial charge in [-0.25, -0.2) is 13.2 Å². The normalized spacial score (nSPS) is 11.2. The summed E-state index contributed by atoms with van der Waals surface area (Å²) in [6.45, 7) is 5.35. The van der Waals surface area contributed by atoms with Gasteiger partial charge in [0.1, 0.15) is 0 Å². The molecule has 3 rings (SSSR count). The van der Waals surface area contributed by atoms with Crippen LogP contribution in [-0.4, -0.2) is 26.0 Å². The summed E-state index contributed by atoms with van der Waals surface area (Å²) in [4.78, 5) is 14.3. The average molecular weight is 467 g/mol. The molecule has 0 heterocycles. The first-order chi connectivity index (χ1) is 15.8. The number of benzene rings is 3. The second kappa shape index (κ2) is 11.0. The lowest BCUT2D eigenvalue weighted by Gasteiger charge is -2.27. The minimum absolute atomic E-state index is 0.0589. The largest absolute Gasteiger partial charge is 0.478 e. The van der Waals surface area contributed by atoms with E-state index in [1.54, 1.807) is 36.4 Å². The van der Waals surface area contributed by atoms with Crippen molar-refractivity contribution in [3.63, 3.8) is 0 Å². The maximum atomic E-state index is 12.8. The highest BCUT2D eigenvalue weighted by atomic mass is 32.2. The minimum Gasteiger partial charge on any atom is -0.478 e. The molecule has 0 amide bonds. The molecule has 0 aliphatic heterocycles. The third-order valence-corrected chi connectivity index (χ3v) is 6.86. The fourth-order valence-corrected chi connectivity index (χ4v) is 4.65. The van der Waals surface area contributed by atoms with E-state index in [9.17, 15) is 18.3 Å². The predicted molar refractivity (Wildman–Crippen MR) is 132 cm³/mol. The second-order valence-electron chi connectivity index (χ2n) is 7.90.